The van der Waals surface area contributed by atoms with Gasteiger partial charge in [0.1, 0.15) is 5.75 Å². The van der Waals surface area contributed by atoms with Crippen molar-refractivity contribution in [3.05, 3.63) is 29.3 Å². The number of aliphatic hydroxyl groups excluding tert-OH is 1. The largest absolute Gasteiger partial charge is 0.508 e. The van der Waals surface area contributed by atoms with E-state index < -0.39 is 0 Å². The zero-order valence-electron chi connectivity index (χ0n) is 11.6. The van der Waals surface area contributed by atoms with Crippen LogP contribution < -0.4 is 0 Å². The molecule has 1 saturated carbocycles. The Hall–Kier alpha value is -1.55. The highest BCUT2D eigenvalue weighted by molar-refractivity contribution is 5.98. The van der Waals surface area contributed by atoms with E-state index in [0.29, 0.717) is 30.6 Å². The maximum Gasteiger partial charge on any atom is 0.254 e. The molecule has 4 nitrogen and oxygen atoms in total. The summed E-state index contributed by atoms with van der Waals surface area (Å²) < 4.78 is 0. The fourth-order valence-electron chi connectivity index (χ4n) is 3.40. The highest BCUT2D eigenvalue weighted by atomic mass is 16.3. The molecule has 20 heavy (non-hydrogen) atoms. The minimum Gasteiger partial charge on any atom is -0.508 e. The quantitative estimate of drug-likeness (QED) is 0.888. The molecule has 1 aromatic carbocycles. The molecule has 2 N–H and O–H groups in total. The summed E-state index contributed by atoms with van der Waals surface area (Å²) in [6.45, 7) is 1.75. The summed E-state index contributed by atoms with van der Waals surface area (Å²) in [6.07, 6.45) is 4.32. The van der Waals surface area contributed by atoms with Crippen molar-refractivity contribution >= 4 is 5.91 Å². The van der Waals surface area contributed by atoms with Crippen LogP contribution in [0.25, 0.3) is 0 Å². The van der Waals surface area contributed by atoms with Gasteiger partial charge in [-0.3, -0.25) is 4.79 Å². The van der Waals surface area contributed by atoms with Gasteiger partial charge in [0.25, 0.3) is 5.91 Å². The second-order valence-corrected chi connectivity index (χ2v) is 6.10. The molecule has 1 aliphatic heterocycles. The van der Waals surface area contributed by atoms with Gasteiger partial charge in [-0.1, -0.05) is 6.07 Å². The van der Waals surface area contributed by atoms with Crippen molar-refractivity contribution < 1.29 is 15.0 Å². The predicted octanol–water partition coefficient (Wildman–Crippen LogP) is 2.15. The second-order valence-electron chi connectivity index (χ2n) is 6.10. The molecule has 2 aliphatic rings. The molecule has 0 atom stereocenters. The average molecular weight is 275 g/mol. The average Bonchev–Trinajstić information content (AvgIpc) is 2.76. The van der Waals surface area contributed by atoms with Crippen molar-refractivity contribution in [3.8, 4) is 5.75 Å². The van der Waals surface area contributed by atoms with Crippen molar-refractivity contribution in [2.45, 2.75) is 32.2 Å². The lowest BCUT2D eigenvalue weighted by atomic mass is 9.82. The fraction of sp³-hybridized carbons (Fsp3) is 0.562. The number of aromatic hydroxyl groups is 1. The first kappa shape index (κ1) is 13.4. The van der Waals surface area contributed by atoms with E-state index in [1.807, 2.05) is 11.0 Å². The predicted molar refractivity (Wildman–Crippen MR) is 75.4 cm³/mol. The first-order chi connectivity index (χ1) is 9.67. The number of carbonyl (C=O) groups excluding carboxylic acids is 1. The molecular formula is C16H21NO3. The smallest absolute Gasteiger partial charge is 0.254 e. The van der Waals surface area contributed by atoms with Crippen molar-refractivity contribution in [1.82, 2.24) is 4.90 Å². The summed E-state index contributed by atoms with van der Waals surface area (Å²) in [4.78, 5) is 14.2. The molecule has 0 spiro atoms. The molecule has 3 rings (SSSR count). The van der Waals surface area contributed by atoms with Crippen LogP contribution in [0.4, 0.5) is 0 Å². The third-order valence-corrected chi connectivity index (χ3v) is 4.68. The molecule has 1 fully saturated rings. The summed E-state index contributed by atoms with van der Waals surface area (Å²) in [7, 11) is 0. The van der Waals surface area contributed by atoms with Gasteiger partial charge in [0.2, 0.25) is 0 Å². The van der Waals surface area contributed by atoms with Crippen LogP contribution in [0.15, 0.2) is 18.2 Å². The Morgan fingerprint density at radius 2 is 1.85 bits per heavy atom. The summed E-state index contributed by atoms with van der Waals surface area (Å²) in [6, 6.07) is 5.05. The summed E-state index contributed by atoms with van der Waals surface area (Å²) in [5.41, 5.74) is 1.66. The number of fused-ring (bicyclic) bond motifs is 1. The molecule has 0 bridgehead atoms. The Labute approximate surface area is 119 Å². The van der Waals surface area contributed by atoms with Crippen molar-refractivity contribution in [3.63, 3.8) is 0 Å². The SMILES string of the molecule is O=C1c2cc(O)ccc2CN1CC1CCC(CO)CC1. The van der Waals surface area contributed by atoms with Crippen LogP contribution in [-0.2, 0) is 6.54 Å². The van der Waals surface area contributed by atoms with Crippen molar-refractivity contribution in [2.75, 3.05) is 13.2 Å². The maximum absolute atomic E-state index is 12.3. The number of rotatable bonds is 3. The molecule has 108 valence electrons. The molecule has 0 radical (unpaired) electrons. The molecule has 1 aromatic rings. The van der Waals surface area contributed by atoms with Gasteiger partial charge in [0.15, 0.2) is 0 Å². The first-order valence-electron chi connectivity index (χ1n) is 7.39. The third-order valence-electron chi connectivity index (χ3n) is 4.68. The lowest BCUT2D eigenvalue weighted by Crippen LogP contribution is -2.32. The maximum atomic E-state index is 12.3. The molecule has 0 unspecified atom stereocenters. The molecule has 0 aromatic heterocycles. The van der Waals surface area contributed by atoms with Gasteiger partial charge in [0, 0.05) is 25.3 Å². The van der Waals surface area contributed by atoms with Crippen LogP contribution >= 0.6 is 0 Å². The number of carbonyl (C=O) groups is 1. The number of benzene rings is 1. The van der Waals surface area contributed by atoms with Crippen LogP contribution in [0.3, 0.4) is 0 Å². The van der Waals surface area contributed by atoms with E-state index in [9.17, 15) is 9.90 Å². The lowest BCUT2D eigenvalue weighted by Gasteiger charge is -2.30. The van der Waals surface area contributed by atoms with Crippen molar-refractivity contribution in [1.29, 1.82) is 0 Å². The molecular weight excluding hydrogens is 254 g/mol. The number of hydrogen-bond acceptors (Lipinski definition) is 3. The highest BCUT2D eigenvalue weighted by Crippen LogP contribution is 2.32. The summed E-state index contributed by atoms with van der Waals surface area (Å²) in [5.74, 6) is 1.20. The fourth-order valence-corrected chi connectivity index (χ4v) is 3.40. The lowest BCUT2D eigenvalue weighted by molar-refractivity contribution is 0.0717. The first-order valence-corrected chi connectivity index (χ1v) is 7.39. The third kappa shape index (κ3) is 2.52. The number of hydrogen-bond donors (Lipinski definition) is 2. The number of amides is 1. The molecule has 1 aliphatic carbocycles. The van der Waals surface area contributed by atoms with Gasteiger partial charge in [-0.15, -0.1) is 0 Å². The van der Waals surface area contributed by atoms with E-state index in [1.54, 1.807) is 12.1 Å². The highest BCUT2D eigenvalue weighted by Gasteiger charge is 2.30. The van der Waals surface area contributed by atoms with E-state index in [0.717, 1.165) is 37.8 Å². The van der Waals surface area contributed by atoms with Gasteiger partial charge in [-0.05, 0) is 55.2 Å². The summed E-state index contributed by atoms with van der Waals surface area (Å²) >= 11 is 0. The number of aliphatic hydroxyl groups is 1. The molecule has 4 heteroatoms. The van der Waals surface area contributed by atoms with Gasteiger partial charge in [-0.2, -0.15) is 0 Å². The second kappa shape index (κ2) is 5.44. The normalized spacial score (nSPS) is 25.9. The van der Waals surface area contributed by atoms with E-state index in [-0.39, 0.29) is 11.7 Å². The Balaban J connectivity index is 1.62. The minimum atomic E-state index is 0.0418. The van der Waals surface area contributed by atoms with Crippen LogP contribution in [0.5, 0.6) is 5.75 Å². The van der Waals surface area contributed by atoms with Crippen LogP contribution in [0.2, 0.25) is 0 Å². The number of phenols is 1. The number of nitrogens with zero attached hydrogens (tertiary/aromatic N) is 1. The monoisotopic (exact) mass is 275 g/mol. The van der Waals surface area contributed by atoms with Crippen LogP contribution in [0, 0.1) is 11.8 Å². The Kier molecular flexibility index (Phi) is 3.66. The van der Waals surface area contributed by atoms with E-state index in [2.05, 4.69) is 0 Å². The molecule has 1 amide bonds. The van der Waals surface area contributed by atoms with Gasteiger partial charge in [-0.25, -0.2) is 0 Å². The van der Waals surface area contributed by atoms with Gasteiger partial charge < -0.3 is 15.1 Å². The van der Waals surface area contributed by atoms with E-state index in [1.165, 1.54) is 0 Å². The number of phenolic OH excluding ortho intramolecular Hbond substituents is 1. The summed E-state index contributed by atoms with van der Waals surface area (Å²) in [5, 5.41) is 18.6. The van der Waals surface area contributed by atoms with E-state index >= 15 is 0 Å². The van der Waals surface area contributed by atoms with Gasteiger partial charge in [0.05, 0.1) is 0 Å². The van der Waals surface area contributed by atoms with Gasteiger partial charge >= 0.3 is 0 Å². The van der Waals surface area contributed by atoms with Crippen molar-refractivity contribution in [2.24, 2.45) is 11.8 Å². The zero-order valence-corrected chi connectivity index (χ0v) is 11.6. The minimum absolute atomic E-state index is 0.0418. The molecule has 0 saturated heterocycles. The Morgan fingerprint density at radius 1 is 1.15 bits per heavy atom. The van der Waals surface area contributed by atoms with E-state index in [4.69, 9.17) is 5.11 Å². The van der Waals surface area contributed by atoms with Crippen LogP contribution in [-0.4, -0.2) is 34.2 Å². The Bertz CT molecular complexity index is 506. The molecule has 1 heterocycles. The topological polar surface area (TPSA) is 60.8 Å². The van der Waals surface area contributed by atoms with Crippen LogP contribution in [0.1, 0.15) is 41.6 Å². The standard InChI is InChI=1S/C16H21NO3/c18-10-12-3-1-11(2-4-12)8-17-9-13-5-6-14(19)7-15(13)16(17)20/h5-7,11-12,18-19H,1-4,8-10H2. The zero-order chi connectivity index (χ0) is 14.1. The Morgan fingerprint density at radius 3 is 2.55 bits per heavy atom.